The van der Waals surface area contributed by atoms with Crippen LogP contribution in [-0.4, -0.2) is 48.7 Å². The first kappa shape index (κ1) is 20.2. The molecule has 5 heteroatoms. The molecular formula is C16H36N4O. The number of nitrogens with two attached hydrogens (primary N) is 1. The zero-order valence-electron chi connectivity index (χ0n) is 14.7. The van der Waals surface area contributed by atoms with Crippen molar-refractivity contribution in [2.24, 2.45) is 16.3 Å². The van der Waals surface area contributed by atoms with Gasteiger partial charge >= 0.3 is 0 Å². The van der Waals surface area contributed by atoms with Gasteiger partial charge in [-0.1, -0.05) is 25.4 Å². The average molecular weight is 300 g/mol. The van der Waals surface area contributed by atoms with E-state index in [2.05, 4.69) is 36.3 Å². The lowest BCUT2D eigenvalue weighted by atomic mass is 9.86. The van der Waals surface area contributed by atoms with Crippen LogP contribution >= 0.6 is 0 Å². The van der Waals surface area contributed by atoms with Gasteiger partial charge < -0.3 is 21.2 Å². The van der Waals surface area contributed by atoms with E-state index in [1.807, 2.05) is 13.8 Å². The third kappa shape index (κ3) is 9.69. The Balaban J connectivity index is 3.45. The molecule has 0 rings (SSSR count). The van der Waals surface area contributed by atoms with Gasteiger partial charge in [-0.05, 0) is 66.2 Å². The summed E-state index contributed by atoms with van der Waals surface area (Å²) < 4.78 is 0. The Hall–Kier alpha value is -0.810. The lowest BCUT2D eigenvalue weighted by Gasteiger charge is -2.22. The van der Waals surface area contributed by atoms with Gasteiger partial charge in [-0.15, -0.1) is 0 Å². The second-order valence-electron chi connectivity index (χ2n) is 6.86. The number of hydrogen-bond acceptors (Lipinski definition) is 4. The number of unbranched alkanes of at least 4 members (excludes halogenated alkanes) is 2. The molecule has 21 heavy (non-hydrogen) atoms. The highest BCUT2D eigenvalue weighted by atomic mass is 16.4. The first-order valence-electron chi connectivity index (χ1n) is 8.20. The van der Waals surface area contributed by atoms with Crippen molar-refractivity contribution in [1.29, 1.82) is 0 Å². The number of oxime groups is 1. The van der Waals surface area contributed by atoms with Gasteiger partial charge in [-0.25, -0.2) is 0 Å². The van der Waals surface area contributed by atoms with E-state index in [9.17, 15) is 0 Å². The highest BCUT2D eigenvalue weighted by Crippen LogP contribution is 2.22. The maximum Gasteiger partial charge on any atom is 0.144 e. The summed E-state index contributed by atoms with van der Waals surface area (Å²) >= 11 is 0. The van der Waals surface area contributed by atoms with E-state index in [1.54, 1.807) is 0 Å². The predicted molar refractivity (Wildman–Crippen MR) is 90.9 cm³/mol. The zero-order valence-corrected chi connectivity index (χ0v) is 14.7. The van der Waals surface area contributed by atoms with E-state index in [1.165, 1.54) is 19.4 Å². The van der Waals surface area contributed by atoms with Crippen LogP contribution in [0.2, 0.25) is 0 Å². The lowest BCUT2D eigenvalue weighted by Crippen LogP contribution is -2.32. The molecule has 4 N–H and O–H groups in total. The average Bonchev–Trinajstić information content (AvgIpc) is 2.43. The quantitative estimate of drug-likeness (QED) is 0.170. The molecule has 0 aliphatic rings. The molecule has 0 atom stereocenters. The summed E-state index contributed by atoms with van der Waals surface area (Å²) in [5.74, 6) is 0.324. The minimum atomic E-state index is -0.212. The van der Waals surface area contributed by atoms with E-state index in [0.29, 0.717) is 11.9 Å². The number of amidine groups is 1. The van der Waals surface area contributed by atoms with Crippen molar-refractivity contribution in [3.8, 4) is 0 Å². The Morgan fingerprint density at radius 3 is 2.29 bits per heavy atom. The number of hydrogen-bond donors (Lipinski definition) is 3. The monoisotopic (exact) mass is 300 g/mol. The van der Waals surface area contributed by atoms with Crippen LogP contribution < -0.4 is 11.1 Å². The SMILES string of the molecule is CC(C)N(C)CCCCNCCCCC(C)(C)C(N)=NO. The Kier molecular flexibility index (Phi) is 10.4. The van der Waals surface area contributed by atoms with Crippen molar-refractivity contribution in [2.45, 2.75) is 65.8 Å². The van der Waals surface area contributed by atoms with Gasteiger partial charge in [0.15, 0.2) is 0 Å². The largest absolute Gasteiger partial charge is 0.409 e. The summed E-state index contributed by atoms with van der Waals surface area (Å²) in [6, 6.07) is 0.635. The van der Waals surface area contributed by atoms with Crippen molar-refractivity contribution < 1.29 is 5.21 Å². The molecule has 0 saturated carbocycles. The van der Waals surface area contributed by atoms with Crippen LogP contribution in [0.15, 0.2) is 5.16 Å². The third-order valence-electron chi connectivity index (χ3n) is 4.20. The van der Waals surface area contributed by atoms with Crippen molar-refractivity contribution in [3.63, 3.8) is 0 Å². The van der Waals surface area contributed by atoms with E-state index in [4.69, 9.17) is 10.9 Å². The summed E-state index contributed by atoms with van der Waals surface area (Å²) in [7, 11) is 2.18. The van der Waals surface area contributed by atoms with E-state index < -0.39 is 0 Å². The summed E-state index contributed by atoms with van der Waals surface area (Å²) in [6.45, 7) is 11.8. The molecule has 0 fully saturated rings. The van der Waals surface area contributed by atoms with Crippen LogP contribution in [0, 0.1) is 5.41 Å². The molecule has 0 heterocycles. The van der Waals surface area contributed by atoms with Gasteiger partial charge in [0.05, 0.1) is 0 Å². The second-order valence-corrected chi connectivity index (χ2v) is 6.86. The highest BCUT2D eigenvalue weighted by molar-refractivity contribution is 5.85. The fourth-order valence-corrected chi connectivity index (χ4v) is 2.07. The molecule has 0 saturated heterocycles. The first-order valence-corrected chi connectivity index (χ1v) is 8.20. The van der Waals surface area contributed by atoms with Crippen molar-refractivity contribution in [1.82, 2.24) is 10.2 Å². The van der Waals surface area contributed by atoms with Crippen LogP contribution in [-0.2, 0) is 0 Å². The van der Waals surface area contributed by atoms with Crippen LogP contribution in [0.1, 0.15) is 59.8 Å². The van der Waals surface area contributed by atoms with Crippen LogP contribution in [0.4, 0.5) is 0 Å². The summed E-state index contributed by atoms with van der Waals surface area (Å²) in [4.78, 5) is 2.38. The van der Waals surface area contributed by atoms with Gasteiger partial charge in [0, 0.05) is 11.5 Å². The first-order chi connectivity index (χ1) is 9.81. The van der Waals surface area contributed by atoms with Gasteiger partial charge in [0.25, 0.3) is 0 Å². The Labute approximate surface area is 131 Å². The van der Waals surface area contributed by atoms with Crippen molar-refractivity contribution >= 4 is 5.84 Å². The van der Waals surface area contributed by atoms with E-state index >= 15 is 0 Å². The molecule has 0 aliphatic carbocycles. The summed E-state index contributed by atoms with van der Waals surface area (Å²) in [5, 5.41) is 15.3. The molecule has 0 bridgehead atoms. The van der Waals surface area contributed by atoms with E-state index in [0.717, 1.165) is 32.4 Å². The van der Waals surface area contributed by atoms with Crippen LogP contribution in [0.25, 0.3) is 0 Å². The lowest BCUT2D eigenvalue weighted by molar-refractivity contribution is 0.268. The topological polar surface area (TPSA) is 73.9 Å². The number of nitrogens with one attached hydrogen (secondary N) is 1. The predicted octanol–water partition coefficient (Wildman–Crippen LogP) is 2.64. The molecule has 0 spiro atoms. The van der Waals surface area contributed by atoms with Gasteiger partial charge in [-0.3, -0.25) is 0 Å². The van der Waals surface area contributed by atoms with Crippen molar-refractivity contribution in [2.75, 3.05) is 26.7 Å². The fourth-order valence-electron chi connectivity index (χ4n) is 2.07. The highest BCUT2D eigenvalue weighted by Gasteiger charge is 2.22. The maximum atomic E-state index is 8.71. The molecule has 0 unspecified atom stereocenters. The maximum absolute atomic E-state index is 8.71. The van der Waals surface area contributed by atoms with Gasteiger partial charge in [0.1, 0.15) is 5.84 Å². The minimum absolute atomic E-state index is 0.212. The molecule has 0 aromatic rings. The van der Waals surface area contributed by atoms with Crippen LogP contribution in [0.3, 0.4) is 0 Å². The molecule has 0 radical (unpaired) electrons. The molecular weight excluding hydrogens is 264 g/mol. The van der Waals surface area contributed by atoms with E-state index in [-0.39, 0.29) is 5.41 Å². The molecule has 0 amide bonds. The minimum Gasteiger partial charge on any atom is -0.409 e. The molecule has 126 valence electrons. The zero-order chi connectivity index (χ0) is 16.3. The number of rotatable bonds is 12. The summed E-state index contributed by atoms with van der Waals surface area (Å²) in [6.07, 6.45) is 5.65. The molecule has 0 aromatic carbocycles. The molecule has 0 aromatic heterocycles. The number of nitrogens with zero attached hydrogens (tertiary/aromatic N) is 2. The fraction of sp³-hybridized carbons (Fsp3) is 0.938. The van der Waals surface area contributed by atoms with Gasteiger partial charge in [-0.2, -0.15) is 0 Å². The standard InChI is InChI=1S/C16H36N4O/c1-14(2)20(5)13-9-8-12-18-11-7-6-10-16(3,4)15(17)19-21/h14,18,21H,6-13H2,1-5H3,(H2,17,19). The third-order valence-corrected chi connectivity index (χ3v) is 4.20. The normalized spacial score (nSPS) is 13.4. The smallest absolute Gasteiger partial charge is 0.144 e. The van der Waals surface area contributed by atoms with Crippen LogP contribution in [0.5, 0.6) is 0 Å². The summed E-state index contributed by atoms with van der Waals surface area (Å²) in [5.41, 5.74) is 5.46. The Morgan fingerprint density at radius 1 is 1.19 bits per heavy atom. The molecule has 5 nitrogen and oxygen atoms in total. The Bertz CT molecular complexity index is 290. The van der Waals surface area contributed by atoms with Crippen molar-refractivity contribution in [3.05, 3.63) is 0 Å². The second kappa shape index (κ2) is 10.9. The van der Waals surface area contributed by atoms with Gasteiger partial charge in [0.2, 0.25) is 0 Å². The molecule has 0 aliphatic heterocycles. The Morgan fingerprint density at radius 2 is 1.76 bits per heavy atom.